The third-order valence-corrected chi connectivity index (χ3v) is 4.39. The number of hydrogen-bond donors (Lipinski definition) is 2. The largest absolute Gasteiger partial charge is 0.419 e. The van der Waals surface area contributed by atoms with E-state index < -0.39 is 0 Å². The van der Waals surface area contributed by atoms with Crippen LogP contribution in [-0.4, -0.2) is 16.1 Å². The van der Waals surface area contributed by atoms with Crippen molar-refractivity contribution in [2.24, 2.45) is 0 Å². The van der Waals surface area contributed by atoms with Crippen LogP contribution in [0.2, 0.25) is 10.0 Å². The van der Waals surface area contributed by atoms with Crippen molar-refractivity contribution >= 4 is 40.5 Å². The fourth-order valence-corrected chi connectivity index (χ4v) is 2.83. The standard InChI is InChI=1S/C19H18Cl2N4O2/c1-2-5-17(26)23-12-8-9-15(21)16(10-12)22-11-18-24-25-19(27-18)13-6-3-4-7-14(13)20/h3-4,6-10,22H,2,5,11H2,1H3,(H,23,26). The van der Waals surface area contributed by atoms with Gasteiger partial charge in [0.1, 0.15) is 0 Å². The van der Waals surface area contributed by atoms with Crippen molar-refractivity contribution in [3.05, 3.63) is 58.4 Å². The monoisotopic (exact) mass is 404 g/mol. The van der Waals surface area contributed by atoms with E-state index in [2.05, 4.69) is 20.8 Å². The van der Waals surface area contributed by atoms with Crippen LogP contribution >= 0.6 is 23.2 Å². The highest BCUT2D eigenvalue weighted by Gasteiger charge is 2.12. The number of amides is 1. The summed E-state index contributed by atoms with van der Waals surface area (Å²) in [6, 6.07) is 12.5. The first-order chi connectivity index (χ1) is 13.1. The van der Waals surface area contributed by atoms with E-state index in [0.29, 0.717) is 45.2 Å². The molecule has 0 radical (unpaired) electrons. The molecule has 2 N–H and O–H groups in total. The topological polar surface area (TPSA) is 80.0 Å². The molecule has 0 saturated heterocycles. The summed E-state index contributed by atoms with van der Waals surface area (Å²) in [5.74, 6) is 0.706. The van der Waals surface area contributed by atoms with Crippen molar-refractivity contribution < 1.29 is 9.21 Å². The maximum atomic E-state index is 11.7. The van der Waals surface area contributed by atoms with Crippen molar-refractivity contribution in [1.82, 2.24) is 10.2 Å². The zero-order valence-electron chi connectivity index (χ0n) is 14.6. The molecule has 0 saturated carbocycles. The van der Waals surface area contributed by atoms with E-state index in [1.807, 2.05) is 25.1 Å². The first-order valence-corrected chi connectivity index (χ1v) is 9.23. The fourth-order valence-electron chi connectivity index (χ4n) is 2.43. The Morgan fingerprint density at radius 3 is 2.70 bits per heavy atom. The number of benzene rings is 2. The molecule has 0 aliphatic heterocycles. The van der Waals surface area contributed by atoms with Crippen LogP contribution in [0.3, 0.4) is 0 Å². The van der Waals surface area contributed by atoms with Gasteiger partial charge in [0.15, 0.2) is 0 Å². The average molecular weight is 405 g/mol. The number of carbonyl (C=O) groups excluding carboxylic acids is 1. The minimum atomic E-state index is -0.0351. The highest BCUT2D eigenvalue weighted by molar-refractivity contribution is 6.33. The molecule has 0 unspecified atom stereocenters. The molecule has 1 aromatic heterocycles. The summed E-state index contributed by atoms with van der Waals surface area (Å²) in [6.07, 6.45) is 1.26. The Morgan fingerprint density at radius 1 is 1.11 bits per heavy atom. The van der Waals surface area contributed by atoms with Crippen LogP contribution in [0.4, 0.5) is 11.4 Å². The Hall–Kier alpha value is -2.57. The van der Waals surface area contributed by atoms with Gasteiger partial charge in [0.2, 0.25) is 17.7 Å². The number of nitrogens with one attached hydrogen (secondary N) is 2. The summed E-state index contributed by atoms with van der Waals surface area (Å²) < 4.78 is 5.66. The van der Waals surface area contributed by atoms with Crippen LogP contribution in [0.25, 0.3) is 11.5 Å². The Bertz CT molecular complexity index is 943. The lowest BCUT2D eigenvalue weighted by molar-refractivity contribution is -0.116. The van der Waals surface area contributed by atoms with E-state index in [1.165, 1.54) is 0 Å². The van der Waals surface area contributed by atoms with E-state index in [-0.39, 0.29) is 12.5 Å². The number of rotatable bonds is 7. The normalized spacial score (nSPS) is 10.6. The molecule has 1 heterocycles. The minimum Gasteiger partial charge on any atom is -0.419 e. The van der Waals surface area contributed by atoms with E-state index >= 15 is 0 Å². The van der Waals surface area contributed by atoms with Crippen molar-refractivity contribution in [1.29, 1.82) is 0 Å². The van der Waals surface area contributed by atoms with Gasteiger partial charge in [-0.3, -0.25) is 4.79 Å². The number of nitrogens with zero attached hydrogens (tertiary/aromatic N) is 2. The van der Waals surface area contributed by atoms with E-state index in [9.17, 15) is 4.79 Å². The predicted molar refractivity (Wildman–Crippen MR) is 107 cm³/mol. The van der Waals surface area contributed by atoms with Crippen LogP contribution in [0, 0.1) is 0 Å². The van der Waals surface area contributed by atoms with E-state index in [1.54, 1.807) is 24.3 Å². The van der Waals surface area contributed by atoms with Crippen molar-refractivity contribution in [2.75, 3.05) is 10.6 Å². The molecule has 0 fully saturated rings. The van der Waals surface area contributed by atoms with Crippen LogP contribution in [-0.2, 0) is 11.3 Å². The number of carbonyl (C=O) groups is 1. The molecule has 0 aliphatic carbocycles. The average Bonchev–Trinajstić information content (AvgIpc) is 3.11. The summed E-state index contributed by atoms with van der Waals surface area (Å²) in [4.78, 5) is 11.7. The molecular formula is C19H18Cl2N4O2. The van der Waals surface area contributed by atoms with Gasteiger partial charge in [0.05, 0.1) is 27.8 Å². The summed E-state index contributed by atoms with van der Waals surface area (Å²) in [5, 5.41) is 15.1. The summed E-state index contributed by atoms with van der Waals surface area (Å²) >= 11 is 12.4. The van der Waals surface area contributed by atoms with Crippen LogP contribution in [0.1, 0.15) is 25.7 Å². The Morgan fingerprint density at radius 2 is 1.93 bits per heavy atom. The first kappa shape index (κ1) is 19.2. The van der Waals surface area contributed by atoms with Crippen LogP contribution in [0.15, 0.2) is 46.9 Å². The fraction of sp³-hybridized carbons (Fsp3) is 0.211. The number of aromatic nitrogens is 2. The Balaban J connectivity index is 1.68. The van der Waals surface area contributed by atoms with Crippen LogP contribution < -0.4 is 10.6 Å². The van der Waals surface area contributed by atoms with Gasteiger partial charge in [-0.15, -0.1) is 10.2 Å². The second-order valence-electron chi connectivity index (χ2n) is 5.83. The molecule has 2 aromatic carbocycles. The summed E-state index contributed by atoms with van der Waals surface area (Å²) in [7, 11) is 0. The van der Waals surface area contributed by atoms with Gasteiger partial charge < -0.3 is 15.1 Å². The van der Waals surface area contributed by atoms with Gasteiger partial charge in [0.25, 0.3) is 0 Å². The van der Waals surface area contributed by atoms with Crippen LogP contribution in [0.5, 0.6) is 0 Å². The van der Waals surface area contributed by atoms with Gasteiger partial charge in [-0.2, -0.15) is 0 Å². The lowest BCUT2D eigenvalue weighted by Crippen LogP contribution is -2.11. The molecule has 3 rings (SSSR count). The molecule has 0 bridgehead atoms. The number of halogens is 2. The highest BCUT2D eigenvalue weighted by atomic mass is 35.5. The molecular weight excluding hydrogens is 387 g/mol. The first-order valence-electron chi connectivity index (χ1n) is 8.47. The lowest BCUT2D eigenvalue weighted by atomic mass is 10.2. The smallest absolute Gasteiger partial charge is 0.249 e. The molecule has 0 atom stereocenters. The Kier molecular flexibility index (Phi) is 6.32. The zero-order valence-corrected chi connectivity index (χ0v) is 16.1. The minimum absolute atomic E-state index is 0.0351. The molecule has 3 aromatic rings. The third-order valence-electron chi connectivity index (χ3n) is 3.73. The molecule has 1 amide bonds. The van der Waals surface area contributed by atoms with Gasteiger partial charge in [-0.25, -0.2) is 0 Å². The van der Waals surface area contributed by atoms with Gasteiger partial charge in [0, 0.05) is 12.1 Å². The highest BCUT2D eigenvalue weighted by Crippen LogP contribution is 2.28. The SMILES string of the molecule is CCCC(=O)Nc1ccc(Cl)c(NCc2nnc(-c3ccccc3Cl)o2)c1. The maximum Gasteiger partial charge on any atom is 0.249 e. The van der Waals surface area contributed by atoms with Gasteiger partial charge in [-0.05, 0) is 36.8 Å². The Labute approximate surface area is 166 Å². The van der Waals surface area contributed by atoms with Gasteiger partial charge in [-0.1, -0.05) is 42.3 Å². The second-order valence-corrected chi connectivity index (χ2v) is 6.64. The van der Waals surface area contributed by atoms with Gasteiger partial charge >= 0.3 is 0 Å². The summed E-state index contributed by atoms with van der Waals surface area (Å²) in [5.41, 5.74) is 2.00. The predicted octanol–water partition coefficient (Wildman–Crippen LogP) is 5.39. The summed E-state index contributed by atoms with van der Waals surface area (Å²) in [6.45, 7) is 2.24. The molecule has 0 aliphatic rings. The molecule has 8 heteroatoms. The van der Waals surface area contributed by atoms with Crippen molar-refractivity contribution in [3.8, 4) is 11.5 Å². The second kappa shape index (κ2) is 8.88. The number of anilines is 2. The quantitative estimate of drug-likeness (QED) is 0.551. The van der Waals surface area contributed by atoms with E-state index in [0.717, 1.165) is 6.42 Å². The third kappa shape index (κ3) is 4.99. The molecule has 0 spiro atoms. The van der Waals surface area contributed by atoms with E-state index in [4.69, 9.17) is 27.6 Å². The zero-order chi connectivity index (χ0) is 19.2. The molecule has 6 nitrogen and oxygen atoms in total. The number of hydrogen-bond acceptors (Lipinski definition) is 5. The molecule has 27 heavy (non-hydrogen) atoms. The molecule has 140 valence electrons. The van der Waals surface area contributed by atoms with Crippen molar-refractivity contribution in [3.63, 3.8) is 0 Å². The maximum absolute atomic E-state index is 11.7. The van der Waals surface area contributed by atoms with Crippen molar-refractivity contribution in [2.45, 2.75) is 26.3 Å². The lowest BCUT2D eigenvalue weighted by Gasteiger charge is -2.10.